The fourth-order valence-corrected chi connectivity index (χ4v) is 2.07. The zero-order valence-corrected chi connectivity index (χ0v) is 9.91. The molecular weight excluding hydrogens is 202 g/mol. The molecule has 1 aliphatic rings. The molecule has 0 aliphatic carbocycles. The van der Waals surface area contributed by atoms with Crippen LogP contribution in [-0.4, -0.2) is 17.7 Å². The van der Waals surface area contributed by atoms with Gasteiger partial charge < -0.3 is 4.74 Å². The molecule has 1 aromatic rings. The minimum atomic E-state index is -0.589. The summed E-state index contributed by atoms with van der Waals surface area (Å²) >= 11 is 0. The van der Waals surface area contributed by atoms with Crippen molar-refractivity contribution in [3.8, 4) is 0 Å². The summed E-state index contributed by atoms with van der Waals surface area (Å²) in [4.78, 5) is 11.7. The van der Waals surface area contributed by atoms with Crippen molar-refractivity contribution in [2.45, 2.75) is 39.0 Å². The number of carbonyl (C=O) groups excluding carboxylic acids is 1. The van der Waals surface area contributed by atoms with Gasteiger partial charge in [-0.05, 0) is 26.3 Å². The van der Waals surface area contributed by atoms with Gasteiger partial charge in [0.2, 0.25) is 0 Å². The van der Waals surface area contributed by atoms with Gasteiger partial charge >= 0.3 is 5.97 Å². The van der Waals surface area contributed by atoms with Gasteiger partial charge in [0.25, 0.3) is 0 Å². The summed E-state index contributed by atoms with van der Waals surface area (Å²) in [5.41, 5.74) is 1.78. The molecule has 3 nitrogen and oxygen atoms in total. The summed E-state index contributed by atoms with van der Waals surface area (Å²) < 4.78 is 5.12. The summed E-state index contributed by atoms with van der Waals surface area (Å²) in [5, 5.41) is 3.17. The van der Waals surface area contributed by atoms with Crippen LogP contribution in [-0.2, 0) is 16.0 Å². The van der Waals surface area contributed by atoms with Crippen molar-refractivity contribution in [2.75, 3.05) is 0 Å². The van der Waals surface area contributed by atoms with E-state index in [4.69, 9.17) is 4.74 Å². The number of esters is 1. The lowest BCUT2D eigenvalue weighted by atomic mass is 9.93. The molecule has 1 fully saturated rings. The highest BCUT2D eigenvalue weighted by molar-refractivity contribution is 5.82. The van der Waals surface area contributed by atoms with Crippen LogP contribution in [0.5, 0.6) is 0 Å². The average molecular weight is 219 g/mol. The zero-order chi connectivity index (χ0) is 11.8. The van der Waals surface area contributed by atoms with Crippen LogP contribution in [0, 0.1) is 6.92 Å². The Bertz CT molecular complexity index is 399. The molecule has 0 radical (unpaired) electrons. The molecule has 0 bridgehead atoms. The molecule has 0 saturated carbocycles. The Morgan fingerprint density at radius 2 is 2.00 bits per heavy atom. The Balaban J connectivity index is 2.15. The highest BCUT2D eigenvalue weighted by Gasteiger charge is 2.42. The largest absolute Gasteiger partial charge is 0.445 e. The van der Waals surface area contributed by atoms with E-state index in [9.17, 15) is 4.79 Å². The smallest absolute Gasteiger partial charge is 0.328 e. The van der Waals surface area contributed by atoms with Gasteiger partial charge in [-0.1, -0.05) is 29.8 Å². The maximum Gasteiger partial charge on any atom is 0.328 e. The third kappa shape index (κ3) is 2.09. The number of benzene rings is 1. The van der Waals surface area contributed by atoms with E-state index >= 15 is 0 Å². The minimum Gasteiger partial charge on any atom is -0.445 e. The molecule has 0 spiro atoms. The zero-order valence-electron chi connectivity index (χ0n) is 9.91. The molecule has 0 amide bonds. The molecule has 2 unspecified atom stereocenters. The van der Waals surface area contributed by atoms with Crippen LogP contribution in [0.4, 0.5) is 0 Å². The van der Waals surface area contributed by atoms with Gasteiger partial charge in [0, 0.05) is 6.42 Å². The van der Waals surface area contributed by atoms with Crippen LogP contribution in [0.3, 0.4) is 0 Å². The fourth-order valence-electron chi connectivity index (χ4n) is 2.07. The fraction of sp³-hybridized carbons (Fsp3) is 0.462. The Labute approximate surface area is 95.8 Å². The van der Waals surface area contributed by atoms with E-state index in [1.54, 1.807) is 0 Å². The maximum absolute atomic E-state index is 11.7. The number of ether oxygens (including phenoxy) is 1. The van der Waals surface area contributed by atoms with Gasteiger partial charge in [-0.2, -0.15) is 0 Å². The van der Waals surface area contributed by atoms with Gasteiger partial charge in [0.05, 0.1) is 0 Å². The highest BCUT2D eigenvalue weighted by atomic mass is 16.6. The van der Waals surface area contributed by atoms with Crippen molar-refractivity contribution in [3.63, 3.8) is 0 Å². The van der Waals surface area contributed by atoms with Crippen LogP contribution in [0.2, 0.25) is 0 Å². The average Bonchev–Trinajstić information content (AvgIpc) is 2.44. The van der Waals surface area contributed by atoms with Crippen molar-refractivity contribution in [3.05, 3.63) is 35.4 Å². The monoisotopic (exact) mass is 219 g/mol. The number of hydrogen-bond donors (Lipinski definition) is 1. The molecule has 2 atom stereocenters. The minimum absolute atomic E-state index is 0.166. The first kappa shape index (κ1) is 11.1. The molecule has 1 saturated heterocycles. The molecule has 1 aliphatic heterocycles. The van der Waals surface area contributed by atoms with Crippen molar-refractivity contribution >= 4 is 5.97 Å². The van der Waals surface area contributed by atoms with Crippen LogP contribution < -0.4 is 5.32 Å². The second-order valence-corrected chi connectivity index (χ2v) is 4.69. The molecular formula is C13H17NO2. The molecule has 1 N–H and O–H groups in total. The second kappa shape index (κ2) is 3.91. The number of nitrogens with one attached hydrogen (secondary N) is 1. The molecule has 0 aromatic heterocycles. The lowest BCUT2D eigenvalue weighted by Crippen LogP contribution is -2.45. The Hall–Kier alpha value is -1.35. The van der Waals surface area contributed by atoms with Crippen molar-refractivity contribution in [1.29, 1.82) is 0 Å². The van der Waals surface area contributed by atoms with Gasteiger partial charge in [-0.15, -0.1) is 0 Å². The lowest BCUT2D eigenvalue weighted by Gasteiger charge is -2.19. The van der Waals surface area contributed by atoms with E-state index in [2.05, 4.69) is 36.5 Å². The standard InChI is InChI=1S/C13H17NO2/c1-9-4-6-11(7-5-9)8-13(3)12(15)16-10(2)14-13/h4-7,10,14H,8H2,1-3H3. The first-order chi connectivity index (χ1) is 7.49. The summed E-state index contributed by atoms with van der Waals surface area (Å²) in [6.07, 6.45) is 0.471. The van der Waals surface area contributed by atoms with E-state index in [0.29, 0.717) is 6.42 Å². The number of aryl methyl sites for hydroxylation is 1. The van der Waals surface area contributed by atoms with E-state index in [0.717, 1.165) is 5.56 Å². The quantitative estimate of drug-likeness (QED) is 0.771. The topological polar surface area (TPSA) is 38.3 Å². The van der Waals surface area contributed by atoms with Crippen molar-refractivity contribution in [2.24, 2.45) is 0 Å². The van der Waals surface area contributed by atoms with Crippen LogP contribution in [0.1, 0.15) is 25.0 Å². The van der Waals surface area contributed by atoms with Gasteiger partial charge in [0.15, 0.2) is 6.23 Å². The summed E-state index contributed by atoms with van der Waals surface area (Å²) in [6, 6.07) is 8.22. The van der Waals surface area contributed by atoms with Crippen LogP contribution in [0.25, 0.3) is 0 Å². The molecule has 86 valence electrons. The molecule has 2 rings (SSSR count). The van der Waals surface area contributed by atoms with E-state index in [1.807, 2.05) is 13.8 Å². The first-order valence-corrected chi connectivity index (χ1v) is 5.54. The van der Waals surface area contributed by atoms with E-state index < -0.39 is 5.54 Å². The van der Waals surface area contributed by atoms with Gasteiger partial charge in [-0.25, -0.2) is 4.79 Å². The highest BCUT2D eigenvalue weighted by Crippen LogP contribution is 2.21. The van der Waals surface area contributed by atoms with E-state index in [-0.39, 0.29) is 12.2 Å². The normalized spacial score (nSPS) is 29.2. The summed E-state index contributed by atoms with van der Waals surface area (Å²) in [5.74, 6) is -0.166. The summed E-state index contributed by atoms with van der Waals surface area (Å²) in [6.45, 7) is 5.78. The number of cyclic esters (lactones) is 1. The molecule has 1 aromatic carbocycles. The van der Waals surface area contributed by atoms with E-state index in [1.165, 1.54) is 5.56 Å². The SMILES string of the molecule is Cc1ccc(CC2(C)NC(C)OC2=O)cc1. The summed E-state index contributed by atoms with van der Waals surface area (Å²) in [7, 11) is 0. The molecule has 1 heterocycles. The first-order valence-electron chi connectivity index (χ1n) is 5.54. The number of carbonyl (C=O) groups is 1. The Morgan fingerprint density at radius 1 is 1.38 bits per heavy atom. The van der Waals surface area contributed by atoms with Gasteiger partial charge in [0.1, 0.15) is 5.54 Å². The number of rotatable bonds is 2. The number of hydrogen-bond acceptors (Lipinski definition) is 3. The molecule has 3 heteroatoms. The predicted octanol–water partition coefficient (Wildman–Crippen LogP) is 1.79. The van der Waals surface area contributed by atoms with Crippen molar-refractivity contribution in [1.82, 2.24) is 5.32 Å². The van der Waals surface area contributed by atoms with Crippen LogP contribution in [0.15, 0.2) is 24.3 Å². The Morgan fingerprint density at radius 3 is 2.50 bits per heavy atom. The maximum atomic E-state index is 11.7. The predicted molar refractivity (Wildman–Crippen MR) is 62.0 cm³/mol. The third-order valence-electron chi connectivity index (χ3n) is 2.93. The Kier molecular flexibility index (Phi) is 2.72. The van der Waals surface area contributed by atoms with Gasteiger partial charge in [-0.3, -0.25) is 5.32 Å². The second-order valence-electron chi connectivity index (χ2n) is 4.69. The van der Waals surface area contributed by atoms with Crippen molar-refractivity contribution < 1.29 is 9.53 Å². The van der Waals surface area contributed by atoms with Crippen LogP contribution >= 0.6 is 0 Å². The lowest BCUT2D eigenvalue weighted by molar-refractivity contribution is -0.144. The third-order valence-corrected chi connectivity index (χ3v) is 2.93. The molecule has 16 heavy (non-hydrogen) atoms.